The van der Waals surface area contributed by atoms with Crippen molar-refractivity contribution in [1.29, 1.82) is 0 Å². The third-order valence-electron chi connectivity index (χ3n) is 4.33. The van der Waals surface area contributed by atoms with Gasteiger partial charge in [-0.2, -0.15) is 0 Å². The molecule has 0 atom stereocenters. The maximum absolute atomic E-state index is 12.5. The quantitative estimate of drug-likeness (QED) is 0.726. The molecule has 1 aliphatic heterocycles. The van der Waals surface area contributed by atoms with E-state index in [0.717, 1.165) is 6.41 Å². The molecule has 1 fully saturated rings. The molecule has 27 heavy (non-hydrogen) atoms. The highest BCUT2D eigenvalue weighted by Gasteiger charge is 2.22. The minimum absolute atomic E-state index is 0.0840. The van der Waals surface area contributed by atoms with Crippen molar-refractivity contribution in [2.75, 3.05) is 26.2 Å². The van der Waals surface area contributed by atoms with Crippen LogP contribution in [0.5, 0.6) is 0 Å². The molecule has 0 bridgehead atoms. The lowest BCUT2D eigenvalue weighted by Crippen LogP contribution is -2.48. The smallest absolute Gasteiger partial charge is 0.253 e. The number of nitrogens with one attached hydrogen (secondary N) is 1. The zero-order valence-corrected chi connectivity index (χ0v) is 15.4. The molecule has 142 valence electrons. The summed E-state index contributed by atoms with van der Waals surface area (Å²) in [5.41, 5.74) is 1.03. The van der Waals surface area contributed by atoms with Crippen molar-refractivity contribution in [3.8, 4) is 0 Å². The average Bonchev–Trinajstić information content (AvgIpc) is 2.73. The summed E-state index contributed by atoms with van der Waals surface area (Å²) >= 11 is 0. The van der Waals surface area contributed by atoms with Gasteiger partial charge in [0, 0.05) is 37.9 Å². The number of piperazine rings is 1. The minimum Gasteiger partial charge on any atom is -0.342 e. The van der Waals surface area contributed by atoms with E-state index in [1.165, 1.54) is 24.3 Å². The van der Waals surface area contributed by atoms with Gasteiger partial charge in [0.25, 0.3) is 5.91 Å². The normalized spacial score (nSPS) is 14.8. The van der Waals surface area contributed by atoms with Crippen LogP contribution < -0.4 is 4.72 Å². The molecule has 9 heteroatoms. The van der Waals surface area contributed by atoms with E-state index in [-0.39, 0.29) is 17.3 Å². The van der Waals surface area contributed by atoms with Crippen LogP contribution in [0.1, 0.15) is 16.1 Å². The summed E-state index contributed by atoms with van der Waals surface area (Å²) in [6, 6.07) is 11.1. The zero-order valence-electron chi connectivity index (χ0n) is 14.6. The molecule has 1 aromatic carbocycles. The number of benzene rings is 1. The molecule has 1 N–H and O–H groups in total. The highest BCUT2D eigenvalue weighted by atomic mass is 32.2. The fraction of sp³-hybridized carbons (Fsp3) is 0.278. The van der Waals surface area contributed by atoms with Gasteiger partial charge in [0.15, 0.2) is 0 Å². The third kappa shape index (κ3) is 4.69. The molecule has 3 rings (SSSR count). The highest BCUT2D eigenvalue weighted by Crippen LogP contribution is 2.14. The number of pyridine rings is 1. The number of rotatable bonds is 6. The standard InChI is InChI=1S/C18H20N4O4S/c23-14-21-9-11-22(12-10-21)18(24)15-4-6-17(7-5-15)27(25,26)20-13-16-3-1-2-8-19-16/h1-8,14,20H,9-13H2. The van der Waals surface area contributed by atoms with Gasteiger partial charge in [-0.05, 0) is 36.4 Å². The number of sulfonamides is 1. The van der Waals surface area contributed by atoms with Crippen molar-refractivity contribution < 1.29 is 18.0 Å². The predicted molar refractivity (Wildman–Crippen MR) is 98.2 cm³/mol. The first kappa shape index (κ1) is 19.0. The Morgan fingerprint density at radius 2 is 1.78 bits per heavy atom. The molecule has 0 unspecified atom stereocenters. The molecule has 0 aliphatic carbocycles. The molecule has 0 radical (unpaired) electrons. The Balaban J connectivity index is 1.64. The van der Waals surface area contributed by atoms with Crippen molar-refractivity contribution >= 4 is 22.3 Å². The maximum Gasteiger partial charge on any atom is 0.253 e. The van der Waals surface area contributed by atoms with Gasteiger partial charge >= 0.3 is 0 Å². The van der Waals surface area contributed by atoms with Crippen molar-refractivity contribution in [2.24, 2.45) is 0 Å². The molecule has 0 saturated carbocycles. The van der Waals surface area contributed by atoms with Crippen molar-refractivity contribution in [3.05, 3.63) is 59.9 Å². The van der Waals surface area contributed by atoms with E-state index in [2.05, 4.69) is 9.71 Å². The number of carbonyl (C=O) groups is 2. The lowest BCUT2D eigenvalue weighted by Gasteiger charge is -2.32. The molecule has 1 saturated heterocycles. The average molecular weight is 388 g/mol. The van der Waals surface area contributed by atoms with Gasteiger partial charge in [-0.25, -0.2) is 13.1 Å². The topological polar surface area (TPSA) is 99.7 Å². The summed E-state index contributed by atoms with van der Waals surface area (Å²) < 4.78 is 27.3. The lowest BCUT2D eigenvalue weighted by molar-refractivity contribution is -0.119. The van der Waals surface area contributed by atoms with Crippen molar-refractivity contribution in [3.63, 3.8) is 0 Å². The van der Waals surface area contributed by atoms with Gasteiger partial charge in [-0.15, -0.1) is 0 Å². The monoisotopic (exact) mass is 388 g/mol. The lowest BCUT2D eigenvalue weighted by atomic mass is 10.2. The summed E-state index contributed by atoms with van der Waals surface area (Å²) in [5.74, 6) is -0.175. The predicted octanol–water partition coefficient (Wildman–Crippen LogP) is 0.474. The van der Waals surface area contributed by atoms with Gasteiger partial charge in [-0.1, -0.05) is 6.07 Å². The van der Waals surface area contributed by atoms with Crippen LogP contribution in [-0.2, 0) is 21.4 Å². The van der Waals surface area contributed by atoms with E-state index in [0.29, 0.717) is 37.4 Å². The number of amides is 2. The Morgan fingerprint density at radius 1 is 1.07 bits per heavy atom. The fourth-order valence-corrected chi connectivity index (χ4v) is 3.74. The first-order valence-corrected chi connectivity index (χ1v) is 9.96. The van der Waals surface area contributed by atoms with Gasteiger partial charge in [0.05, 0.1) is 17.1 Å². The van der Waals surface area contributed by atoms with Gasteiger partial charge < -0.3 is 9.80 Å². The van der Waals surface area contributed by atoms with E-state index >= 15 is 0 Å². The second kappa shape index (κ2) is 8.28. The van der Waals surface area contributed by atoms with E-state index in [4.69, 9.17) is 0 Å². The van der Waals surface area contributed by atoms with E-state index < -0.39 is 10.0 Å². The Labute approximate surface area is 157 Å². The number of carbonyl (C=O) groups excluding carboxylic acids is 2. The molecule has 2 aromatic rings. The second-order valence-corrected chi connectivity index (χ2v) is 7.87. The highest BCUT2D eigenvalue weighted by molar-refractivity contribution is 7.89. The molecular formula is C18H20N4O4S. The summed E-state index contributed by atoms with van der Waals surface area (Å²) in [4.78, 5) is 30.7. The molecule has 0 spiro atoms. The zero-order chi connectivity index (χ0) is 19.3. The van der Waals surface area contributed by atoms with Crippen LogP contribution in [-0.4, -0.2) is 61.7 Å². The number of hydrogen-bond acceptors (Lipinski definition) is 5. The molecule has 8 nitrogen and oxygen atoms in total. The number of aromatic nitrogens is 1. The third-order valence-corrected chi connectivity index (χ3v) is 5.75. The molecule has 2 amide bonds. The fourth-order valence-electron chi connectivity index (χ4n) is 2.74. The van der Waals surface area contributed by atoms with Crippen LogP contribution in [0.3, 0.4) is 0 Å². The maximum atomic E-state index is 12.5. The Hall–Kier alpha value is -2.78. The Morgan fingerprint density at radius 3 is 2.37 bits per heavy atom. The van der Waals surface area contributed by atoms with E-state index in [1.54, 1.807) is 34.2 Å². The van der Waals surface area contributed by atoms with Gasteiger partial charge in [0.2, 0.25) is 16.4 Å². The first-order valence-electron chi connectivity index (χ1n) is 8.48. The van der Waals surface area contributed by atoms with Crippen LogP contribution in [0.25, 0.3) is 0 Å². The molecular weight excluding hydrogens is 368 g/mol. The van der Waals surface area contributed by atoms with Crippen LogP contribution in [0, 0.1) is 0 Å². The van der Waals surface area contributed by atoms with Crippen LogP contribution in [0.15, 0.2) is 53.6 Å². The van der Waals surface area contributed by atoms with Crippen molar-refractivity contribution in [1.82, 2.24) is 19.5 Å². The van der Waals surface area contributed by atoms with Gasteiger partial charge in [-0.3, -0.25) is 14.6 Å². The molecule has 2 heterocycles. The minimum atomic E-state index is -3.70. The summed E-state index contributed by atoms with van der Waals surface area (Å²) in [5, 5.41) is 0. The van der Waals surface area contributed by atoms with Gasteiger partial charge in [0.1, 0.15) is 0 Å². The molecule has 1 aromatic heterocycles. The summed E-state index contributed by atoms with van der Waals surface area (Å²) in [6.07, 6.45) is 2.37. The number of nitrogens with zero attached hydrogens (tertiary/aromatic N) is 3. The second-order valence-electron chi connectivity index (χ2n) is 6.10. The SMILES string of the molecule is O=CN1CCN(C(=O)c2ccc(S(=O)(=O)NCc3ccccn3)cc2)CC1. The Bertz CT molecular complexity index is 893. The molecule has 1 aliphatic rings. The summed E-state index contributed by atoms with van der Waals surface area (Å²) in [6.45, 7) is 2.01. The summed E-state index contributed by atoms with van der Waals surface area (Å²) in [7, 11) is -3.70. The number of hydrogen-bond donors (Lipinski definition) is 1. The Kier molecular flexibility index (Phi) is 5.82. The largest absolute Gasteiger partial charge is 0.342 e. The van der Waals surface area contributed by atoms with Crippen LogP contribution in [0.4, 0.5) is 0 Å². The van der Waals surface area contributed by atoms with Crippen LogP contribution >= 0.6 is 0 Å². The van der Waals surface area contributed by atoms with E-state index in [9.17, 15) is 18.0 Å². The van der Waals surface area contributed by atoms with Crippen LogP contribution in [0.2, 0.25) is 0 Å². The first-order chi connectivity index (χ1) is 13.0. The van der Waals surface area contributed by atoms with E-state index in [1.807, 2.05) is 0 Å². The van der Waals surface area contributed by atoms with Crippen molar-refractivity contribution in [2.45, 2.75) is 11.4 Å².